The lowest BCUT2D eigenvalue weighted by Gasteiger charge is -2.35. The summed E-state index contributed by atoms with van der Waals surface area (Å²) >= 11 is 6.71. The molecule has 1 saturated carbocycles. The molecule has 2 N–H and O–H groups in total. The molecule has 0 spiro atoms. The third-order valence-electron chi connectivity index (χ3n) is 4.63. The fourth-order valence-electron chi connectivity index (χ4n) is 3.05. The smallest absolute Gasteiger partial charge is 0.372 e. The predicted molar refractivity (Wildman–Crippen MR) is 91.1 cm³/mol. The van der Waals surface area contributed by atoms with Gasteiger partial charge in [-0.25, -0.2) is 18.9 Å². The van der Waals surface area contributed by atoms with Crippen LogP contribution in [-0.2, 0) is 12.1 Å². The van der Waals surface area contributed by atoms with Crippen LogP contribution in [0.1, 0.15) is 25.3 Å². The highest BCUT2D eigenvalue weighted by molar-refractivity contribution is 8.13. The molecular weight excluding hydrogens is 369 g/mol. The Morgan fingerprint density at radius 1 is 1.56 bits per heavy atom. The summed E-state index contributed by atoms with van der Waals surface area (Å²) in [5, 5.41) is 23.7. The van der Waals surface area contributed by atoms with E-state index in [4.69, 9.17) is 16.7 Å². The molecule has 2 atom stereocenters. The van der Waals surface area contributed by atoms with Gasteiger partial charge in [-0.2, -0.15) is 5.10 Å². The molecule has 2 aromatic rings. The number of benzene rings is 1. The van der Waals surface area contributed by atoms with Gasteiger partial charge in [-0.15, -0.1) is 0 Å². The Labute approximate surface area is 153 Å². The van der Waals surface area contributed by atoms with Gasteiger partial charge in [0.25, 0.3) is 0 Å². The van der Waals surface area contributed by atoms with Crippen LogP contribution in [0.3, 0.4) is 0 Å². The van der Waals surface area contributed by atoms with Gasteiger partial charge in [0.2, 0.25) is 0 Å². The lowest BCUT2D eigenvalue weighted by Crippen LogP contribution is -2.40. The van der Waals surface area contributed by atoms with Crippen LogP contribution in [0.5, 0.6) is 0 Å². The van der Waals surface area contributed by atoms with Gasteiger partial charge in [0.05, 0.1) is 6.54 Å². The molecule has 1 aliphatic rings. The molecule has 1 aromatic carbocycles. The van der Waals surface area contributed by atoms with Crippen molar-refractivity contribution in [2.75, 3.05) is 0 Å². The zero-order valence-electron chi connectivity index (χ0n) is 13.4. The second-order valence-electron chi connectivity index (χ2n) is 6.24. The van der Waals surface area contributed by atoms with Crippen molar-refractivity contribution in [3.8, 4) is 0 Å². The van der Waals surface area contributed by atoms with Gasteiger partial charge < -0.3 is 10.2 Å². The number of aliphatic hydroxyl groups is 1. The number of carbonyl (C=O) groups is 1. The molecule has 1 aromatic heterocycles. The molecule has 1 fully saturated rings. The Kier molecular flexibility index (Phi) is 5.04. The average molecular weight is 386 g/mol. The first-order valence-corrected chi connectivity index (χ1v) is 8.97. The molecule has 134 valence electrons. The van der Waals surface area contributed by atoms with Gasteiger partial charge in [-0.1, -0.05) is 24.6 Å². The van der Waals surface area contributed by atoms with Crippen molar-refractivity contribution in [1.29, 1.82) is 0 Å². The lowest BCUT2D eigenvalue weighted by molar-refractivity contribution is -0.0461. The summed E-state index contributed by atoms with van der Waals surface area (Å²) in [7, 11) is 0. The summed E-state index contributed by atoms with van der Waals surface area (Å²) in [5.41, 5.74) is -1.02. The Morgan fingerprint density at radius 3 is 2.88 bits per heavy atom. The van der Waals surface area contributed by atoms with Crippen LogP contribution in [0.4, 0.5) is 9.18 Å². The number of hydrogen-bond acceptors (Lipinski definition) is 5. The Bertz CT molecular complexity index is 799. The molecule has 9 heteroatoms. The quantitative estimate of drug-likeness (QED) is 0.736. The standard InChI is InChI=1S/C16H17ClFN3O3S/c1-9(10-2-3-10)16(24,12-5-4-11(18)6-13(12)17)7-21-14(19-8-20-21)25-15(22)23/h4-6,8-10,24H,2-3,7H2,1H3,(H,22,23). The summed E-state index contributed by atoms with van der Waals surface area (Å²) < 4.78 is 14.8. The lowest BCUT2D eigenvalue weighted by atomic mass is 9.79. The summed E-state index contributed by atoms with van der Waals surface area (Å²) in [6, 6.07) is 3.88. The number of thioether (sulfide) groups is 1. The van der Waals surface area contributed by atoms with E-state index in [9.17, 15) is 14.3 Å². The van der Waals surface area contributed by atoms with Crippen molar-refractivity contribution < 1.29 is 19.4 Å². The van der Waals surface area contributed by atoms with Crippen molar-refractivity contribution in [3.63, 3.8) is 0 Å². The number of carboxylic acid groups (broad SMARTS) is 1. The zero-order chi connectivity index (χ0) is 18.2. The Hall–Kier alpha value is -1.64. The molecule has 0 radical (unpaired) electrons. The highest BCUT2D eigenvalue weighted by atomic mass is 35.5. The summed E-state index contributed by atoms with van der Waals surface area (Å²) in [5.74, 6) is -0.328. The predicted octanol–water partition coefficient (Wildman–Crippen LogP) is 3.77. The molecule has 25 heavy (non-hydrogen) atoms. The molecule has 6 nitrogen and oxygen atoms in total. The number of hydrogen-bond donors (Lipinski definition) is 2. The fourth-order valence-corrected chi connectivity index (χ4v) is 3.85. The number of rotatable bonds is 6. The van der Waals surface area contributed by atoms with E-state index in [2.05, 4.69) is 10.1 Å². The van der Waals surface area contributed by atoms with Crippen LogP contribution < -0.4 is 0 Å². The van der Waals surface area contributed by atoms with Gasteiger partial charge in [0, 0.05) is 22.3 Å². The fraction of sp³-hybridized carbons (Fsp3) is 0.438. The average Bonchev–Trinajstić information content (AvgIpc) is 3.29. The van der Waals surface area contributed by atoms with E-state index in [1.165, 1.54) is 23.1 Å². The van der Waals surface area contributed by atoms with Crippen molar-refractivity contribution in [1.82, 2.24) is 14.8 Å². The molecule has 1 heterocycles. The second-order valence-corrected chi connectivity index (χ2v) is 7.57. The van der Waals surface area contributed by atoms with Gasteiger partial charge in [0.15, 0.2) is 5.16 Å². The minimum atomic E-state index is -1.42. The Morgan fingerprint density at radius 2 is 2.28 bits per heavy atom. The van der Waals surface area contributed by atoms with E-state index < -0.39 is 16.7 Å². The maximum atomic E-state index is 13.4. The summed E-state index contributed by atoms with van der Waals surface area (Å²) in [4.78, 5) is 14.9. The molecule has 0 aliphatic heterocycles. The van der Waals surface area contributed by atoms with Gasteiger partial charge in [0.1, 0.15) is 17.7 Å². The largest absolute Gasteiger partial charge is 0.473 e. The Balaban J connectivity index is 2.00. The van der Waals surface area contributed by atoms with Gasteiger partial charge in [-0.3, -0.25) is 0 Å². The van der Waals surface area contributed by atoms with E-state index in [0.717, 1.165) is 18.9 Å². The summed E-state index contributed by atoms with van der Waals surface area (Å²) in [6.45, 7) is 1.89. The van der Waals surface area contributed by atoms with E-state index in [1.807, 2.05) is 6.92 Å². The van der Waals surface area contributed by atoms with E-state index in [-0.39, 0.29) is 22.6 Å². The monoisotopic (exact) mass is 385 g/mol. The van der Waals surface area contributed by atoms with Crippen molar-refractivity contribution in [2.24, 2.45) is 11.8 Å². The van der Waals surface area contributed by atoms with Crippen LogP contribution in [0.25, 0.3) is 0 Å². The minimum absolute atomic E-state index is 0.0222. The number of nitrogens with zero attached hydrogens (tertiary/aromatic N) is 3. The minimum Gasteiger partial charge on any atom is -0.473 e. The normalized spacial score (nSPS) is 17.9. The van der Waals surface area contributed by atoms with Crippen LogP contribution in [0.15, 0.2) is 29.7 Å². The highest BCUT2D eigenvalue weighted by Gasteiger charge is 2.46. The third-order valence-corrected chi connectivity index (χ3v) is 5.62. The van der Waals surface area contributed by atoms with Crippen molar-refractivity contribution in [3.05, 3.63) is 40.9 Å². The summed E-state index contributed by atoms with van der Waals surface area (Å²) in [6.07, 6.45) is 3.23. The topological polar surface area (TPSA) is 88.2 Å². The first kappa shape index (κ1) is 18.2. The third kappa shape index (κ3) is 3.80. The van der Waals surface area contributed by atoms with Crippen LogP contribution in [-0.4, -0.2) is 30.3 Å². The van der Waals surface area contributed by atoms with Crippen molar-refractivity contribution >= 4 is 28.7 Å². The van der Waals surface area contributed by atoms with E-state index in [0.29, 0.717) is 23.2 Å². The van der Waals surface area contributed by atoms with Crippen LogP contribution >= 0.6 is 23.4 Å². The maximum absolute atomic E-state index is 13.4. The first-order valence-electron chi connectivity index (χ1n) is 7.77. The van der Waals surface area contributed by atoms with E-state index in [1.54, 1.807) is 0 Å². The van der Waals surface area contributed by atoms with Crippen LogP contribution in [0, 0.1) is 17.7 Å². The van der Waals surface area contributed by atoms with Crippen LogP contribution in [0.2, 0.25) is 5.02 Å². The molecule has 2 unspecified atom stereocenters. The van der Waals surface area contributed by atoms with Gasteiger partial charge in [-0.05, 0) is 36.8 Å². The molecule has 3 rings (SSSR count). The number of halogens is 2. The molecule has 0 bridgehead atoms. The first-order chi connectivity index (χ1) is 11.8. The van der Waals surface area contributed by atoms with E-state index >= 15 is 0 Å². The molecule has 0 saturated heterocycles. The highest BCUT2D eigenvalue weighted by Crippen LogP contribution is 2.48. The second kappa shape index (κ2) is 6.93. The molecule has 0 amide bonds. The number of aromatic nitrogens is 3. The molecular formula is C16H17ClFN3O3S. The SMILES string of the molecule is CC(C1CC1)C(O)(Cn1ncnc1SC(=O)O)c1ccc(F)cc1Cl. The van der Waals surface area contributed by atoms with Crippen molar-refractivity contribution in [2.45, 2.75) is 37.1 Å². The maximum Gasteiger partial charge on any atom is 0.372 e. The zero-order valence-corrected chi connectivity index (χ0v) is 15.0. The van der Waals surface area contributed by atoms with Gasteiger partial charge >= 0.3 is 5.30 Å². The molecule has 1 aliphatic carbocycles.